The fourth-order valence-corrected chi connectivity index (χ4v) is 3.93. The summed E-state index contributed by atoms with van der Waals surface area (Å²) in [6.07, 6.45) is 0.459. The Morgan fingerprint density at radius 1 is 1.42 bits per heavy atom. The number of benzene rings is 1. The molecule has 1 aliphatic rings. The van der Waals surface area contributed by atoms with Crippen molar-refractivity contribution in [3.63, 3.8) is 0 Å². The molecular formula is C13H17NO4S. The summed E-state index contributed by atoms with van der Waals surface area (Å²) in [5, 5.41) is 3.12. The highest BCUT2D eigenvalue weighted by Gasteiger charge is 2.31. The van der Waals surface area contributed by atoms with Crippen molar-refractivity contribution in [2.24, 2.45) is 0 Å². The van der Waals surface area contributed by atoms with Crippen LogP contribution in [0.1, 0.15) is 24.9 Å². The molecule has 104 valence electrons. The Bertz CT molecular complexity index is 582. The molecule has 0 radical (unpaired) electrons. The van der Waals surface area contributed by atoms with Gasteiger partial charge in [0.1, 0.15) is 6.04 Å². The molecule has 0 fully saturated rings. The summed E-state index contributed by atoms with van der Waals surface area (Å²) in [6.45, 7) is 1.71. The molecule has 1 aliphatic heterocycles. The van der Waals surface area contributed by atoms with E-state index in [0.29, 0.717) is 11.3 Å². The fraction of sp³-hybridized carbons (Fsp3) is 0.462. The van der Waals surface area contributed by atoms with Gasteiger partial charge in [0.2, 0.25) is 0 Å². The molecule has 2 atom stereocenters. The predicted molar refractivity (Wildman–Crippen MR) is 70.5 cm³/mol. The van der Waals surface area contributed by atoms with Crippen LogP contribution < -0.4 is 5.32 Å². The highest BCUT2D eigenvalue weighted by atomic mass is 32.2. The Morgan fingerprint density at radius 3 is 2.79 bits per heavy atom. The maximum Gasteiger partial charge on any atom is 0.322 e. The molecule has 2 rings (SSSR count). The Labute approximate surface area is 112 Å². The molecule has 0 saturated carbocycles. The van der Waals surface area contributed by atoms with Gasteiger partial charge in [-0.2, -0.15) is 0 Å². The lowest BCUT2D eigenvalue weighted by molar-refractivity contribution is -0.142. The molecule has 0 bridgehead atoms. The Balaban J connectivity index is 2.28. The monoisotopic (exact) mass is 283 g/mol. The highest BCUT2D eigenvalue weighted by Crippen LogP contribution is 2.32. The van der Waals surface area contributed by atoms with Crippen molar-refractivity contribution in [2.75, 3.05) is 12.9 Å². The minimum atomic E-state index is -3.19. The average molecular weight is 283 g/mol. The zero-order valence-electron chi connectivity index (χ0n) is 10.9. The van der Waals surface area contributed by atoms with Crippen molar-refractivity contribution in [3.05, 3.63) is 29.8 Å². The molecule has 0 amide bonds. The van der Waals surface area contributed by atoms with E-state index in [1.807, 2.05) is 0 Å². The van der Waals surface area contributed by atoms with Crippen LogP contribution in [0.3, 0.4) is 0 Å². The second-order valence-corrected chi connectivity index (χ2v) is 6.69. The van der Waals surface area contributed by atoms with Crippen LogP contribution in [0, 0.1) is 0 Å². The lowest BCUT2D eigenvalue weighted by atomic mass is 10.0. The van der Waals surface area contributed by atoms with E-state index in [9.17, 15) is 13.2 Å². The zero-order valence-corrected chi connectivity index (χ0v) is 11.7. The third-order valence-corrected chi connectivity index (χ3v) is 5.13. The fourth-order valence-electron chi connectivity index (χ4n) is 2.31. The van der Waals surface area contributed by atoms with Crippen LogP contribution in [0.5, 0.6) is 0 Å². The molecule has 19 heavy (non-hydrogen) atoms. The number of carbonyl (C=O) groups excluding carboxylic acids is 1. The smallest absolute Gasteiger partial charge is 0.322 e. The van der Waals surface area contributed by atoms with Crippen molar-refractivity contribution < 1.29 is 17.9 Å². The van der Waals surface area contributed by atoms with Crippen LogP contribution in [-0.4, -0.2) is 33.3 Å². The SMILES string of the molecule is COC(=O)[C@H](C)NC1CCS(=O)(=O)c2ccccc21. The third kappa shape index (κ3) is 2.79. The minimum absolute atomic E-state index is 0.0928. The molecule has 0 aromatic heterocycles. The van der Waals surface area contributed by atoms with Gasteiger partial charge in [-0.15, -0.1) is 0 Å². The van der Waals surface area contributed by atoms with Gasteiger partial charge in [-0.1, -0.05) is 18.2 Å². The van der Waals surface area contributed by atoms with Crippen LogP contribution >= 0.6 is 0 Å². The molecule has 0 saturated heterocycles. The Kier molecular flexibility index (Phi) is 3.91. The van der Waals surface area contributed by atoms with Gasteiger partial charge >= 0.3 is 5.97 Å². The summed E-state index contributed by atoms with van der Waals surface area (Å²) in [5.74, 6) is -0.263. The molecule has 0 spiro atoms. The average Bonchev–Trinajstić information content (AvgIpc) is 2.41. The molecule has 1 N–H and O–H groups in total. The highest BCUT2D eigenvalue weighted by molar-refractivity contribution is 7.91. The van der Waals surface area contributed by atoms with E-state index in [1.54, 1.807) is 31.2 Å². The molecule has 1 aromatic rings. The van der Waals surface area contributed by atoms with Crippen LogP contribution in [0.15, 0.2) is 29.2 Å². The number of nitrogens with one attached hydrogen (secondary N) is 1. The molecule has 1 heterocycles. The van der Waals surface area contributed by atoms with Gasteiger partial charge < -0.3 is 4.74 Å². The number of carbonyl (C=O) groups is 1. The summed E-state index contributed by atoms with van der Waals surface area (Å²) < 4.78 is 28.6. The van der Waals surface area contributed by atoms with E-state index in [0.717, 1.165) is 5.56 Å². The molecule has 1 unspecified atom stereocenters. The largest absolute Gasteiger partial charge is 0.468 e. The first kappa shape index (κ1) is 14.0. The van der Waals surface area contributed by atoms with E-state index >= 15 is 0 Å². The maximum absolute atomic E-state index is 12.0. The van der Waals surface area contributed by atoms with Crippen LogP contribution in [0.2, 0.25) is 0 Å². The zero-order chi connectivity index (χ0) is 14.0. The van der Waals surface area contributed by atoms with Gasteiger partial charge in [0.05, 0.1) is 17.8 Å². The summed E-state index contributed by atoms with van der Waals surface area (Å²) in [4.78, 5) is 11.8. The summed E-state index contributed by atoms with van der Waals surface area (Å²) in [5.41, 5.74) is 0.726. The first-order valence-electron chi connectivity index (χ1n) is 6.11. The molecule has 5 nitrogen and oxygen atoms in total. The normalized spacial score (nSPS) is 22.3. The molecule has 1 aromatic carbocycles. The molecule has 0 aliphatic carbocycles. The van der Waals surface area contributed by atoms with Crippen LogP contribution in [0.25, 0.3) is 0 Å². The first-order valence-corrected chi connectivity index (χ1v) is 7.76. The van der Waals surface area contributed by atoms with E-state index < -0.39 is 15.9 Å². The van der Waals surface area contributed by atoms with Gasteiger partial charge in [0.15, 0.2) is 9.84 Å². The predicted octanol–water partition coefficient (Wildman–Crippen LogP) is 1.06. The molecule has 6 heteroatoms. The van der Waals surface area contributed by atoms with Crippen molar-refractivity contribution in [1.29, 1.82) is 0 Å². The number of fused-ring (bicyclic) bond motifs is 1. The topological polar surface area (TPSA) is 72.5 Å². The number of hydrogen-bond donors (Lipinski definition) is 1. The van der Waals surface area contributed by atoms with Gasteiger partial charge in [-0.25, -0.2) is 8.42 Å². The van der Waals surface area contributed by atoms with Crippen LogP contribution in [0.4, 0.5) is 0 Å². The minimum Gasteiger partial charge on any atom is -0.468 e. The van der Waals surface area contributed by atoms with E-state index in [-0.39, 0.29) is 17.8 Å². The number of ether oxygens (including phenoxy) is 1. The Hall–Kier alpha value is -1.40. The van der Waals surface area contributed by atoms with Gasteiger partial charge in [-0.3, -0.25) is 10.1 Å². The summed E-state index contributed by atoms with van der Waals surface area (Å²) in [6, 6.07) is 6.30. The van der Waals surface area contributed by atoms with Crippen molar-refractivity contribution in [1.82, 2.24) is 5.32 Å². The number of sulfone groups is 1. The van der Waals surface area contributed by atoms with Crippen molar-refractivity contribution in [3.8, 4) is 0 Å². The third-order valence-electron chi connectivity index (χ3n) is 3.31. The second-order valence-electron chi connectivity index (χ2n) is 4.61. The van der Waals surface area contributed by atoms with Crippen LogP contribution in [-0.2, 0) is 19.4 Å². The number of esters is 1. The van der Waals surface area contributed by atoms with Gasteiger partial charge in [0, 0.05) is 6.04 Å². The van der Waals surface area contributed by atoms with E-state index in [2.05, 4.69) is 10.1 Å². The molecular weight excluding hydrogens is 266 g/mol. The Morgan fingerprint density at radius 2 is 2.11 bits per heavy atom. The summed E-state index contributed by atoms with van der Waals surface area (Å²) in [7, 11) is -1.86. The van der Waals surface area contributed by atoms with Crippen molar-refractivity contribution >= 4 is 15.8 Å². The van der Waals surface area contributed by atoms with E-state index in [4.69, 9.17) is 0 Å². The second kappa shape index (κ2) is 5.30. The standard InChI is InChI=1S/C13H17NO4S/c1-9(13(15)18-2)14-11-7-8-19(16,17)12-6-4-3-5-10(11)12/h3-6,9,11,14H,7-8H2,1-2H3/t9-,11?/m0/s1. The number of methoxy groups -OCH3 is 1. The maximum atomic E-state index is 12.0. The van der Waals surface area contributed by atoms with Gasteiger partial charge in [0.25, 0.3) is 0 Å². The quantitative estimate of drug-likeness (QED) is 0.840. The van der Waals surface area contributed by atoms with Crippen molar-refractivity contribution in [2.45, 2.75) is 30.3 Å². The lowest BCUT2D eigenvalue weighted by Crippen LogP contribution is -2.40. The van der Waals surface area contributed by atoms with Gasteiger partial charge in [-0.05, 0) is 25.0 Å². The van der Waals surface area contributed by atoms with E-state index in [1.165, 1.54) is 7.11 Å². The number of hydrogen-bond acceptors (Lipinski definition) is 5. The lowest BCUT2D eigenvalue weighted by Gasteiger charge is -2.28. The summed E-state index contributed by atoms with van der Waals surface area (Å²) >= 11 is 0. The number of rotatable bonds is 3. The first-order chi connectivity index (χ1) is 8.95.